The zero-order valence-electron chi connectivity index (χ0n) is 15.2. The van der Waals surface area contributed by atoms with Crippen LogP contribution in [0.2, 0.25) is 0 Å². The molecule has 1 aliphatic carbocycles. The van der Waals surface area contributed by atoms with Crippen LogP contribution in [-0.4, -0.2) is 39.8 Å². The molecule has 3 heterocycles. The summed E-state index contributed by atoms with van der Waals surface area (Å²) in [5, 5.41) is 11.4. The van der Waals surface area contributed by atoms with Crippen LogP contribution in [0.25, 0.3) is 11.6 Å². The molecule has 1 N–H and O–H groups in total. The zero-order valence-corrected chi connectivity index (χ0v) is 15.2. The summed E-state index contributed by atoms with van der Waals surface area (Å²) in [4.78, 5) is 19.7. The number of aromatic nitrogens is 4. The number of pyridine rings is 1. The van der Waals surface area contributed by atoms with Crippen molar-refractivity contribution >= 4 is 11.8 Å². The third kappa shape index (κ3) is 3.30. The lowest BCUT2D eigenvalue weighted by Gasteiger charge is -2.41. The van der Waals surface area contributed by atoms with Gasteiger partial charge in [0.1, 0.15) is 17.3 Å². The van der Waals surface area contributed by atoms with E-state index in [0.29, 0.717) is 23.8 Å². The second kappa shape index (κ2) is 7.34. The fraction of sp³-hybridized carbons (Fsp3) is 0.316. The van der Waals surface area contributed by atoms with E-state index in [1.807, 2.05) is 0 Å². The Morgan fingerprint density at radius 1 is 1.29 bits per heavy atom. The predicted molar refractivity (Wildman–Crippen MR) is 97.1 cm³/mol. The number of hydrogen-bond acceptors (Lipinski definition) is 8. The smallest absolute Gasteiger partial charge is 0.375 e. The summed E-state index contributed by atoms with van der Waals surface area (Å²) in [6.45, 7) is 0.514. The van der Waals surface area contributed by atoms with Crippen LogP contribution in [0, 0.1) is 5.82 Å². The first-order chi connectivity index (χ1) is 13.6. The Kier molecular flexibility index (Phi) is 4.72. The number of anilines is 1. The summed E-state index contributed by atoms with van der Waals surface area (Å²) in [6, 6.07) is 6.44. The van der Waals surface area contributed by atoms with Gasteiger partial charge in [-0.2, -0.15) is 0 Å². The molecule has 144 valence electrons. The molecule has 0 aromatic carbocycles. The lowest BCUT2D eigenvalue weighted by Crippen LogP contribution is -2.42. The summed E-state index contributed by atoms with van der Waals surface area (Å²) >= 11 is 0. The van der Waals surface area contributed by atoms with Gasteiger partial charge in [-0.25, -0.2) is 14.2 Å². The molecular weight excluding hydrogens is 365 g/mol. The fourth-order valence-electron chi connectivity index (χ4n) is 3.26. The maximum Gasteiger partial charge on any atom is 0.375 e. The van der Waals surface area contributed by atoms with E-state index in [0.717, 1.165) is 19.3 Å². The first-order valence-electron chi connectivity index (χ1n) is 8.84. The number of ether oxygens (including phenoxy) is 1. The highest BCUT2D eigenvalue weighted by atomic mass is 19.1. The number of methoxy groups -OCH3 is 1. The number of oxazole rings is 1. The van der Waals surface area contributed by atoms with Crippen molar-refractivity contribution in [2.24, 2.45) is 0 Å². The average molecular weight is 383 g/mol. The molecule has 0 aliphatic heterocycles. The highest BCUT2D eigenvalue weighted by Gasteiger charge is 2.41. The first-order valence-corrected chi connectivity index (χ1v) is 8.84. The van der Waals surface area contributed by atoms with E-state index < -0.39 is 5.97 Å². The number of rotatable bonds is 6. The summed E-state index contributed by atoms with van der Waals surface area (Å²) < 4.78 is 24.1. The van der Waals surface area contributed by atoms with Gasteiger partial charge >= 0.3 is 5.97 Å². The van der Waals surface area contributed by atoms with E-state index in [1.54, 1.807) is 24.4 Å². The third-order valence-corrected chi connectivity index (χ3v) is 4.96. The van der Waals surface area contributed by atoms with E-state index in [2.05, 4.69) is 30.2 Å². The Morgan fingerprint density at radius 3 is 2.79 bits per heavy atom. The maximum atomic E-state index is 14.2. The molecule has 4 rings (SSSR count). The molecule has 3 aromatic rings. The number of nitrogens with one attached hydrogen (secondary N) is 1. The van der Waals surface area contributed by atoms with Crippen LogP contribution >= 0.6 is 0 Å². The molecule has 8 nitrogen and oxygen atoms in total. The van der Waals surface area contributed by atoms with Gasteiger partial charge in [0.2, 0.25) is 11.7 Å². The summed E-state index contributed by atoms with van der Waals surface area (Å²) in [6.07, 6.45) is 5.66. The van der Waals surface area contributed by atoms with Crippen LogP contribution in [0.15, 0.2) is 41.1 Å². The Bertz CT molecular complexity index is 985. The average Bonchev–Trinajstić information content (AvgIpc) is 3.18. The molecule has 0 spiro atoms. The number of nitrogens with zero attached hydrogens (tertiary/aromatic N) is 4. The number of esters is 1. The van der Waals surface area contributed by atoms with Gasteiger partial charge in [0.25, 0.3) is 0 Å². The van der Waals surface area contributed by atoms with Gasteiger partial charge in [0.15, 0.2) is 0 Å². The Labute approximate surface area is 160 Å². The quantitative estimate of drug-likeness (QED) is 0.648. The van der Waals surface area contributed by atoms with E-state index in [1.165, 1.54) is 19.4 Å². The van der Waals surface area contributed by atoms with E-state index in [-0.39, 0.29) is 22.9 Å². The van der Waals surface area contributed by atoms with Crippen LogP contribution in [-0.2, 0) is 10.2 Å². The van der Waals surface area contributed by atoms with Gasteiger partial charge in [-0.1, -0.05) is 6.42 Å². The molecule has 0 unspecified atom stereocenters. The molecular formula is C19H18FN5O3. The normalized spacial score (nSPS) is 14.9. The van der Waals surface area contributed by atoms with Crippen molar-refractivity contribution in [3.8, 4) is 11.6 Å². The largest absolute Gasteiger partial charge is 0.463 e. The van der Waals surface area contributed by atoms with Crippen molar-refractivity contribution in [1.82, 2.24) is 20.2 Å². The second-order valence-corrected chi connectivity index (χ2v) is 6.65. The van der Waals surface area contributed by atoms with Crippen molar-refractivity contribution in [2.75, 3.05) is 19.0 Å². The van der Waals surface area contributed by atoms with Crippen LogP contribution in [0.3, 0.4) is 0 Å². The Balaban J connectivity index is 1.46. The number of carbonyl (C=O) groups excluding carboxylic acids is 1. The zero-order chi connectivity index (χ0) is 19.6. The van der Waals surface area contributed by atoms with Crippen molar-refractivity contribution in [1.29, 1.82) is 0 Å². The van der Waals surface area contributed by atoms with Crippen LogP contribution in [0.4, 0.5) is 10.2 Å². The highest BCUT2D eigenvalue weighted by molar-refractivity contribution is 5.86. The minimum absolute atomic E-state index is 0.00851. The van der Waals surface area contributed by atoms with Crippen LogP contribution in [0.5, 0.6) is 0 Å². The van der Waals surface area contributed by atoms with Gasteiger partial charge in [-0.15, -0.1) is 10.2 Å². The maximum absolute atomic E-state index is 14.2. The van der Waals surface area contributed by atoms with Gasteiger partial charge in [0, 0.05) is 18.2 Å². The molecule has 1 fully saturated rings. The standard InChI is InChI=1S/C19H18FN5O3/c1-27-18(26)14-10-22-17(28-14)13-5-6-15(25-24-13)23-11-19(7-3-8-19)16-12(20)4-2-9-21-16/h2,4-6,9-10H,3,7-8,11H2,1H3,(H,23,25). The summed E-state index contributed by atoms with van der Waals surface area (Å²) in [5.41, 5.74) is 0.548. The summed E-state index contributed by atoms with van der Waals surface area (Å²) in [5.74, 6) is -0.185. The number of hydrogen-bond donors (Lipinski definition) is 1. The lowest BCUT2D eigenvalue weighted by atomic mass is 9.66. The highest BCUT2D eigenvalue weighted by Crippen LogP contribution is 2.43. The van der Waals surface area contributed by atoms with E-state index in [9.17, 15) is 9.18 Å². The molecule has 9 heteroatoms. The van der Waals surface area contributed by atoms with Gasteiger partial charge in [-0.3, -0.25) is 4.98 Å². The fourth-order valence-corrected chi connectivity index (χ4v) is 3.26. The third-order valence-electron chi connectivity index (χ3n) is 4.96. The van der Waals surface area contributed by atoms with Gasteiger partial charge < -0.3 is 14.5 Å². The molecule has 3 aromatic heterocycles. The predicted octanol–water partition coefficient (Wildman–Crippen LogP) is 2.99. The molecule has 1 aliphatic rings. The SMILES string of the molecule is COC(=O)c1cnc(-c2ccc(NCC3(c4ncccc4F)CCC3)nn2)o1. The topological polar surface area (TPSA) is 103 Å². The minimum atomic E-state index is -0.613. The van der Waals surface area contributed by atoms with Crippen LogP contribution in [0.1, 0.15) is 35.5 Å². The Morgan fingerprint density at radius 2 is 2.14 bits per heavy atom. The van der Waals surface area contributed by atoms with E-state index >= 15 is 0 Å². The van der Waals surface area contributed by atoms with Crippen molar-refractivity contribution in [2.45, 2.75) is 24.7 Å². The molecule has 0 radical (unpaired) electrons. The van der Waals surface area contributed by atoms with Crippen molar-refractivity contribution in [3.63, 3.8) is 0 Å². The summed E-state index contributed by atoms with van der Waals surface area (Å²) in [7, 11) is 1.26. The second-order valence-electron chi connectivity index (χ2n) is 6.65. The molecule has 1 saturated carbocycles. The molecule has 0 amide bonds. The lowest BCUT2D eigenvalue weighted by molar-refractivity contribution is 0.0566. The van der Waals surface area contributed by atoms with E-state index in [4.69, 9.17) is 4.42 Å². The Hall–Kier alpha value is -3.36. The van der Waals surface area contributed by atoms with Gasteiger partial charge in [0.05, 0.1) is 19.0 Å². The van der Waals surface area contributed by atoms with Crippen molar-refractivity contribution in [3.05, 3.63) is 53.9 Å². The number of carbonyl (C=O) groups is 1. The first kappa shape index (κ1) is 18.0. The van der Waals surface area contributed by atoms with Crippen LogP contribution < -0.4 is 5.32 Å². The van der Waals surface area contributed by atoms with Crippen molar-refractivity contribution < 1.29 is 18.3 Å². The molecule has 28 heavy (non-hydrogen) atoms. The van der Waals surface area contributed by atoms with Gasteiger partial charge in [-0.05, 0) is 37.1 Å². The minimum Gasteiger partial charge on any atom is -0.463 e. The molecule has 0 bridgehead atoms. The molecule has 0 saturated heterocycles. The monoisotopic (exact) mass is 383 g/mol. The molecule has 0 atom stereocenters. The number of halogens is 1.